The maximum Gasteiger partial charge on any atom is 0.258 e. The lowest BCUT2D eigenvalue weighted by Gasteiger charge is -2.08. The SMILES string of the molecule is O=C(Nc1nc2ccc(Br)cc2s1)c1cc(-c2ccc(-c3ccccc3Cl)o2)nc2ccccc12. The Balaban J connectivity index is 1.40. The lowest BCUT2D eigenvalue weighted by molar-refractivity contribution is 0.102. The molecule has 3 heterocycles. The highest BCUT2D eigenvalue weighted by Gasteiger charge is 2.18. The smallest absolute Gasteiger partial charge is 0.258 e. The zero-order chi connectivity index (χ0) is 23.9. The molecule has 0 fully saturated rings. The van der Waals surface area contributed by atoms with E-state index in [1.807, 2.05) is 78.9 Å². The van der Waals surface area contributed by atoms with Crippen LogP contribution in [0.15, 0.2) is 93.8 Å². The number of nitrogens with one attached hydrogen (secondary N) is 1. The molecule has 0 saturated heterocycles. The third-order valence-corrected chi connectivity index (χ3v) is 7.29. The standard InChI is InChI=1S/C27H15BrClN3O2S/c28-15-9-10-21-25(13-15)35-27(31-21)32-26(33)18-14-22(30-20-8-4-2-5-16(18)20)24-12-11-23(34-24)17-6-1-3-7-19(17)29/h1-14H,(H,31,32,33). The van der Waals surface area contributed by atoms with E-state index in [4.69, 9.17) is 21.0 Å². The number of furan rings is 1. The van der Waals surface area contributed by atoms with Crippen molar-refractivity contribution in [2.45, 2.75) is 0 Å². The Morgan fingerprint density at radius 1 is 0.886 bits per heavy atom. The molecule has 6 rings (SSSR count). The molecule has 0 aliphatic rings. The van der Waals surface area contributed by atoms with Crippen molar-refractivity contribution in [3.63, 3.8) is 0 Å². The molecule has 0 aliphatic heterocycles. The largest absolute Gasteiger partial charge is 0.454 e. The maximum atomic E-state index is 13.4. The molecule has 6 aromatic rings. The molecule has 5 nitrogen and oxygen atoms in total. The summed E-state index contributed by atoms with van der Waals surface area (Å²) >= 11 is 11.2. The first kappa shape index (κ1) is 22.0. The van der Waals surface area contributed by atoms with Crippen LogP contribution in [0.5, 0.6) is 0 Å². The lowest BCUT2D eigenvalue weighted by Crippen LogP contribution is -2.12. The van der Waals surface area contributed by atoms with Gasteiger partial charge in [-0.25, -0.2) is 9.97 Å². The van der Waals surface area contributed by atoms with Gasteiger partial charge in [0.15, 0.2) is 10.9 Å². The number of para-hydroxylation sites is 1. The Labute approximate surface area is 217 Å². The summed E-state index contributed by atoms with van der Waals surface area (Å²) in [5.41, 5.74) is 3.36. The number of benzene rings is 3. The van der Waals surface area contributed by atoms with Gasteiger partial charge in [0.2, 0.25) is 0 Å². The van der Waals surface area contributed by atoms with Crippen LogP contribution in [0.2, 0.25) is 5.02 Å². The number of hydrogen-bond donors (Lipinski definition) is 1. The number of aromatic nitrogens is 2. The molecule has 35 heavy (non-hydrogen) atoms. The number of nitrogens with zero attached hydrogens (tertiary/aromatic N) is 2. The molecule has 0 spiro atoms. The number of rotatable bonds is 4. The number of amides is 1. The lowest BCUT2D eigenvalue weighted by atomic mass is 10.1. The molecule has 0 aliphatic carbocycles. The summed E-state index contributed by atoms with van der Waals surface area (Å²) in [4.78, 5) is 22.7. The van der Waals surface area contributed by atoms with Crippen molar-refractivity contribution < 1.29 is 9.21 Å². The normalized spacial score (nSPS) is 11.3. The van der Waals surface area contributed by atoms with Gasteiger partial charge in [-0.3, -0.25) is 10.1 Å². The summed E-state index contributed by atoms with van der Waals surface area (Å²) in [6, 6.07) is 26.3. The second-order valence-electron chi connectivity index (χ2n) is 7.80. The minimum absolute atomic E-state index is 0.263. The summed E-state index contributed by atoms with van der Waals surface area (Å²) < 4.78 is 8.04. The van der Waals surface area contributed by atoms with Gasteiger partial charge in [0, 0.05) is 15.4 Å². The van der Waals surface area contributed by atoms with Crippen LogP contribution in [0, 0.1) is 0 Å². The van der Waals surface area contributed by atoms with Gasteiger partial charge < -0.3 is 4.42 Å². The number of carbonyl (C=O) groups is 1. The Hall–Kier alpha value is -3.52. The van der Waals surface area contributed by atoms with Crippen molar-refractivity contribution >= 4 is 71.0 Å². The first-order valence-electron chi connectivity index (χ1n) is 10.7. The first-order chi connectivity index (χ1) is 17.0. The van der Waals surface area contributed by atoms with Crippen molar-refractivity contribution in [2.24, 2.45) is 0 Å². The molecule has 0 bridgehead atoms. The van der Waals surface area contributed by atoms with Crippen LogP contribution in [0.1, 0.15) is 10.4 Å². The highest BCUT2D eigenvalue weighted by atomic mass is 79.9. The van der Waals surface area contributed by atoms with E-state index >= 15 is 0 Å². The van der Waals surface area contributed by atoms with Gasteiger partial charge in [0.25, 0.3) is 5.91 Å². The molecular formula is C27H15BrClN3O2S. The Kier molecular flexibility index (Phi) is 5.60. The number of carbonyl (C=O) groups excluding carboxylic acids is 1. The van der Waals surface area contributed by atoms with Gasteiger partial charge >= 0.3 is 0 Å². The number of pyridine rings is 1. The predicted octanol–water partition coefficient (Wildman–Crippen LogP) is 8.44. The van der Waals surface area contributed by atoms with Crippen molar-refractivity contribution in [1.29, 1.82) is 0 Å². The molecule has 0 atom stereocenters. The minimum atomic E-state index is -0.263. The van der Waals surface area contributed by atoms with E-state index in [1.165, 1.54) is 11.3 Å². The predicted molar refractivity (Wildman–Crippen MR) is 145 cm³/mol. The Morgan fingerprint density at radius 2 is 1.69 bits per heavy atom. The van der Waals surface area contributed by atoms with Gasteiger partial charge in [-0.1, -0.05) is 69.2 Å². The average molecular weight is 561 g/mol. The van der Waals surface area contributed by atoms with Crippen LogP contribution >= 0.6 is 38.9 Å². The van der Waals surface area contributed by atoms with Gasteiger partial charge in [-0.05, 0) is 54.6 Å². The summed E-state index contributed by atoms with van der Waals surface area (Å²) in [6.07, 6.45) is 0. The summed E-state index contributed by atoms with van der Waals surface area (Å²) in [5, 5.41) is 4.83. The minimum Gasteiger partial charge on any atom is -0.454 e. The number of thiazole rings is 1. The van der Waals surface area contributed by atoms with Crippen LogP contribution in [-0.2, 0) is 0 Å². The molecule has 170 valence electrons. The summed E-state index contributed by atoms with van der Waals surface area (Å²) in [7, 11) is 0. The molecule has 0 saturated carbocycles. The van der Waals surface area contributed by atoms with Crippen LogP contribution in [-0.4, -0.2) is 15.9 Å². The topological polar surface area (TPSA) is 68.0 Å². The molecule has 1 N–H and O–H groups in total. The van der Waals surface area contributed by atoms with E-state index in [1.54, 1.807) is 6.07 Å². The fourth-order valence-electron chi connectivity index (χ4n) is 3.89. The maximum absolute atomic E-state index is 13.4. The highest BCUT2D eigenvalue weighted by molar-refractivity contribution is 9.10. The van der Waals surface area contributed by atoms with Crippen molar-refractivity contribution in [3.05, 3.63) is 100.0 Å². The number of halogens is 2. The number of fused-ring (bicyclic) bond motifs is 2. The fraction of sp³-hybridized carbons (Fsp3) is 0. The monoisotopic (exact) mass is 559 g/mol. The van der Waals surface area contributed by atoms with Gasteiger partial charge in [-0.15, -0.1) is 0 Å². The van der Waals surface area contributed by atoms with E-state index in [0.717, 1.165) is 25.6 Å². The molecule has 0 radical (unpaired) electrons. The first-order valence-corrected chi connectivity index (χ1v) is 12.7. The number of anilines is 1. The number of hydrogen-bond acceptors (Lipinski definition) is 5. The Bertz CT molecular complexity index is 1740. The quantitative estimate of drug-likeness (QED) is 0.235. The van der Waals surface area contributed by atoms with Gasteiger partial charge in [0.1, 0.15) is 11.5 Å². The van der Waals surface area contributed by atoms with Crippen LogP contribution in [0.4, 0.5) is 5.13 Å². The molecule has 3 aromatic carbocycles. The zero-order valence-electron chi connectivity index (χ0n) is 18.0. The zero-order valence-corrected chi connectivity index (χ0v) is 21.1. The third-order valence-electron chi connectivity index (χ3n) is 5.53. The van der Waals surface area contributed by atoms with E-state index in [2.05, 4.69) is 26.2 Å². The molecular weight excluding hydrogens is 546 g/mol. The van der Waals surface area contributed by atoms with Crippen LogP contribution in [0.3, 0.4) is 0 Å². The van der Waals surface area contributed by atoms with Crippen LogP contribution < -0.4 is 5.32 Å². The van der Waals surface area contributed by atoms with E-state index in [0.29, 0.717) is 38.4 Å². The molecule has 3 aromatic heterocycles. The van der Waals surface area contributed by atoms with Gasteiger partial charge in [-0.2, -0.15) is 0 Å². The molecule has 8 heteroatoms. The van der Waals surface area contributed by atoms with Crippen LogP contribution in [0.25, 0.3) is 43.9 Å². The molecule has 1 amide bonds. The second-order valence-corrected chi connectivity index (χ2v) is 10.2. The van der Waals surface area contributed by atoms with Crippen molar-refractivity contribution in [2.75, 3.05) is 5.32 Å². The average Bonchev–Trinajstić information content (AvgIpc) is 3.50. The molecule has 0 unspecified atom stereocenters. The van der Waals surface area contributed by atoms with Crippen molar-refractivity contribution in [1.82, 2.24) is 9.97 Å². The highest BCUT2D eigenvalue weighted by Crippen LogP contribution is 2.34. The van der Waals surface area contributed by atoms with E-state index < -0.39 is 0 Å². The summed E-state index contributed by atoms with van der Waals surface area (Å²) in [6.45, 7) is 0. The van der Waals surface area contributed by atoms with Crippen molar-refractivity contribution in [3.8, 4) is 22.8 Å². The third kappa shape index (κ3) is 4.23. The fourth-order valence-corrected chi connectivity index (χ4v) is 5.53. The van der Waals surface area contributed by atoms with E-state index in [-0.39, 0.29) is 5.91 Å². The Morgan fingerprint density at radius 3 is 2.57 bits per heavy atom. The summed E-state index contributed by atoms with van der Waals surface area (Å²) in [5.74, 6) is 0.914. The van der Waals surface area contributed by atoms with E-state index in [9.17, 15) is 4.79 Å². The second kappa shape index (κ2) is 8.92. The van der Waals surface area contributed by atoms with Gasteiger partial charge in [0.05, 0.1) is 26.3 Å².